The van der Waals surface area contributed by atoms with E-state index in [2.05, 4.69) is 5.32 Å². The van der Waals surface area contributed by atoms with Crippen LogP contribution in [0.3, 0.4) is 0 Å². The predicted molar refractivity (Wildman–Crippen MR) is 91.5 cm³/mol. The third kappa shape index (κ3) is 2.66. The highest BCUT2D eigenvalue weighted by molar-refractivity contribution is 7.15. The number of hydrogen-bond acceptors (Lipinski definition) is 3. The Morgan fingerprint density at radius 3 is 2.91 bits per heavy atom. The van der Waals surface area contributed by atoms with Crippen molar-refractivity contribution in [3.8, 4) is 0 Å². The Morgan fingerprint density at radius 1 is 1.26 bits per heavy atom. The van der Waals surface area contributed by atoms with Crippen LogP contribution in [0.25, 0.3) is 0 Å². The summed E-state index contributed by atoms with van der Waals surface area (Å²) < 4.78 is 2.46. The monoisotopic (exact) mass is 349 g/mol. The van der Waals surface area contributed by atoms with Crippen LogP contribution in [0.5, 0.6) is 0 Å². The standard InChI is InChI=1S/C16H16ClN3O2S/c17-15-12(4-5-23-15)18-16(22)19-7-10-6-11(9-19)13-2-1-3-14(21)20(13)8-10/h1-5,10-11H,6-9H2,(H,18,22)/t10-,11+/m0/s1. The summed E-state index contributed by atoms with van der Waals surface area (Å²) in [6, 6.07) is 7.10. The Morgan fingerprint density at radius 2 is 2.13 bits per heavy atom. The van der Waals surface area contributed by atoms with E-state index in [4.69, 9.17) is 11.6 Å². The second kappa shape index (κ2) is 5.69. The second-order valence-corrected chi connectivity index (χ2v) is 7.66. The summed E-state index contributed by atoms with van der Waals surface area (Å²) in [6.07, 6.45) is 1.03. The molecule has 1 fully saturated rings. The van der Waals surface area contributed by atoms with Crippen LogP contribution in [0.4, 0.5) is 10.5 Å². The molecular weight excluding hydrogens is 334 g/mol. The Bertz CT molecular complexity index is 816. The molecule has 0 spiro atoms. The van der Waals surface area contributed by atoms with E-state index in [0.717, 1.165) is 12.1 Å². The van der Waals surface area contributed by atoms with E-state index in [1.807, 2.05) is 27.0 Å². The number of halogens is 1. The van der Waals surface area contributed by atoms with Crippen molar-refractivity contribution in [2.45, 2.75) is 18.9 Å². The highest BCUT2D eigenvalue weighted by atomic mass is 35.5. The zero-order valence-corrected chi connectivity index (χ0v) is 13.9. The minimum absolute atomic E-state index is 0.0557. The van der Waals surface area contributed by atoms with Gasteiger partial charge in [-0.3, -0.25) is 4.79 Å². The Balaban J connectivity index is 1.55. The van der Waals surface area contributed by atoms with Crippen molar-refractivity contribution < 1.29 is 4.79 Å². The van der Waals surface area contributed by atoms with E-state index in [0.29, 0.717) is 35.6 Å². The van der Waals surface area contributed by atoms with Crippen LogP contribution in [-0.2, 0) is 6.54 Å². The molecule has 2 aliphatic heterocycles. The molecule has 7 heteroatoms. The molecule has 120 valence electrons. The number of nitrogens with zero attached hydrogens (tertiary/aromatic N) is 2. The van der Waals surface area contributed by atoms with E-state index in [-0.39, 0.29) is 17.5 Å². The first-order valence-corrected chi connectivity index (χ1v) is 8.86. The number of rotatable bonds is 1. The quantitative estimate of drug-likeness (QED) is 0.859. The Labute approximate surface area is 142 Å². The molecule has 0 unspecified atom stereocenters. The van der Waals surface area contributed by atoms with Gasteiger partial charge in [-0.2, -0.15) is 0 Å². The summed E-state index contributed by atoms with van der Waals surface area (Å²) >= 11 is 7.45. The molecule has 0 aliphatic carbocycles. The van der Waals surface area contributed by atoms with Crippen molar-refractivity contribution in [3.63, 3.8) is 0 Å². The fraction of sp³-hybridized carbons (Fsp3) is 0.375. The number of amides is 2. The van der Waals surface area contributed by atoms with Gasteiger partial charge in [0.1, 0.15) is 4.34 Å². The molecule has 2 bridgehead atoms. The van der Waals surface area contributed by atoms with Crippen molar-refractivity contribution >= 4 is 34.7 Å². The summed E-state index contributed by atoms with van der Waals surface area (Å²) in [6.45, 7) is 1.99. The number of thiophene rings is 1. The van der Waals surface area contributed by atoms with Gasteiger partial charge in [0.2, 0.25) is 0 Å². The van der Waals surface area contributed by atoms with Crippen molar-refractivity contribution in [3.05, 3.63) is 50.0 Å². The van der Waals surface area contributed by atoms with E-state index in [9.17, 15) is 9.59 Å². The number of anilines is 1. The number of pyridine rings is 1. The molecular formula is C16H16ClN3O2S. The van der Waals surface area contributed by atoms with Crippen LogP contribution < -0.4 is 10.9 Å². The average molecular weight is 350 g/mol. The number of urea groups is 1. The number of carbonyl (C=O) groups excluding carboxylic acids is 1. The maximum Gasteiger partial charge on any atom is 0.321 e. The fourth-order valence-corrected chi connectivity index (χ4v) is 4.47. The molecule has 1 N–H and O–H groups in total. The lowest BCUT2D eigenvalue weighted by molar-refractivity contribution is 0.139. The van der Waals surface area contributed by atoms with Gasteiger partial charge in [-0.05, 0) is 29.9 Å². The molecule has 2 aliphatic rings. The average Bonchev–Trinajstić information content (AvgIpc) is 2.93. The first-order valence-electron chi connectivity index (χ1n) is 7.60. The number of likely N-dealkylation sites (tertiary alicyclic amines) is 1. The number of nitrogens with one attached hydrogen (secondary N) is 1. The molecule has 1 saturated heterocycles. The smallest absolute Gasteiger partial charge is 0.321 e. The molecule has 0 radical (unpaired) electrons. The molecule has 0 aromatic carbocycles. The lowest BCUT2D eigenvalue weighted by Gasteiger charge is -2.42. The zero-order valence-electron chi connectivity index (χ0n) is 12.4. The first-order chi connectivity index (χ1) is 11.1. The molecule has 23 heavy (non-hydrogen) atoms. The van der Waals surface area contributed by atoms with Gasteiger partial charge >= 0.3 is 6.03 Å². The summed E-state index contributed by atoms with van der Waals surface area (Å²) in [4.78, 5) is 26.4. The molecule has 5 nitrogen and oxygen atoms in total. The minimum atomic E-state index is -0.119. The molecule has 2 aromatic heterocycles. The van der Waals surface area contributed by atoms with E-state index in [1.54, 1.807) is 12.1 Å². The Kier molecular flexibility index (Phi) is 3.66. The van der Waals surface area contributed by atoms with Gasteiger partial charge in [-0.15, -0.1) is 11.3 Å². The van der Waals surface area contributed by atoms with Gasteiger partial charge in [0, 0.05) is 37.3 Å². The summed E-state index contributed by atoms with van der Waals surface area (Å²) in [5, 5.41) is 4.73. The van der Waals surface area contributed by atoms with Crippen molar-refractivity contribution in [2.75, 3.05) is 18.4 Å². The number of piperidine rings is 1. The SMILES string of the molecule is O=C(Nc1ccsc1Cl)N1C[C@@H]2C[C@H](C1)c1cccc(=O)n1C2. The zero-order chi connectivity index (χ0) is 16.0. The van der Waals surface area contributed by atoms with Crippen molar-refractivity contribution in [1.29, 1.82) is 0 Å². The number of hydrogen-bond donors (Lipinski definition) is 1. The van der Waals surface area contributed by atoms with Gasteiger partial charge in [0.05, 0.1) is 5.69 Å². The first kappa shape index (κ1) is 14.8. The van der Waals surface area contributed by atoms with Crippen LogP contribution in [-0.4, -0.2) is 28.6 Å². The van der Waals surface area contributed by atoms with E-state index < -0.39 is 0 Å². The van der Waals surface area contributed by atoms with Gasteiger partial charge in [-0.25, -0.2) is 4.79 Å². The van der Waals surface area contributed by atoms with Crippen LogP contribution in [0.15, 0.2) is 34.4 Å². The van der Waals surface area contributed by atoms with Gasteiger partial charge < -0.3 is 14.8 Å². The van der Waals surface area contributed by atoms with E-state index in [1.165, 1.54) is 11.3 Å². The highest BCUT2D eigenvalue weighted by Gasteiger charge is 2.36. The summed E-state index contributed by atoms with van der Waals surface area (Å²) in [5.74, 6) is 0.546. The normalized spacial score (nSPS) is 22.6. The third-order valence-electron chi connectivity index (χ3n) is 4.63. The summed E-state index contributed by atoms with van der Waals surface area (Å²) in [7, 11) is 0. The molecule has 4 rings (SSSR count). The molecule has 2 amide bonds. The van der Waals surface area contributed by atoms with Crippen molar-refractivity contribution in [1.82, 2.24) is 9.47 Å². The molecule has 2 atom stereocenters. The van der Waals surface area contributed by atoms with Crippen molar-refractivity contribution in [2.24, 2.45) is 5.92 Å². The van der Waals surface area contributed by atoms with Crippen LogP contribution in [0, 0.1) is 5.92 Å². The maximum atomic E-state index is 12.5. The number of aromatic nitrogens is 1. The fourth-order valence-electron chi connectivity index (χ4n) is 3.64. The second-order valence-electron chi connectivity index (χ2n) is 6.14. The van der Waals surface area contributed by atoms with Crippen LogP contribution >= 0.6 is 22.9 Å². The largest absolute Gasteiger partial charge is 0.324 e. The summed E-state index contributed by atoms with van der Waals surface area (Å²) in [5.41, 5.74) is 1.76. The number of carbonyl (C=O) groups is 1. The molecule has 2 aromatic rings. The lowest BCUT2D eigenvalue weighted by Crippen LogP contribution is -2.50. The Hall–Kier alpha value is -1.79. The van der Waals surface area contributed by atoms with Gasteiger partial charge in [0.25, 0.3) is 5.56 Å². The van der Waals surface area contributed by atoms with Crippen LogP contribution in [0.2, 0.25) is 4.34 Å². The lowest BCUT2D eigenvalue weighted by atomic mass is 9.83. The third-order valence-corrected chi connectivity index (χ3v) is 5.80. The van der Waals surface area contributed by atoms with Crippen LogP contribution in [0.1, 0.15) is 18.0 Å². The predicted octanol–water partition coefficient (Wildman–Crippen LogP) is 3.21. The van der Waals surface area contributed by atoms with Gasteiger partial charge in [-0.1, -0.05) is 17.7 Å². The topological polar surface area (TPSA) is 54.3 Å². The van der Waals surface area contributed by atoms with Gasteiger partial charge in [0.15, 0.2) is 0 Å². The van der Waals surface area contributed by atoms with E-state index >= 15 is 0 Å². The molecule has 4 heterocycles. The maximum absolute atomic E-state index is 12.5. The minimum Gasteiger partial charge on any atom is -0.324 e. The molecule has 0 saturated carbocycles. The number of fused-ring (bicyclic) bond motifs is 4. The highest BCUT2D eigenvalue weighted by Crippen LogP contribution is 2.35.